The van der Waals surface area contributed by atoms with Crippen LogP contribution >= 0.6 is 0 Å². The predicted molar refractivity (Wildman–Crippen MR) is 67.8 cm³/mol. The lowest BCUT2D eigenvalue weighted by Crippen LogP contribution is -2.15. The van der Waals surface area contributed by atoms with E-state index in [1.54, 1.807) is 6.07 Å². The van der Waals surface area contributed by atoms with E-state index in [2.05, 4.69) is 0 Å². The third-order valence-electron chi connectivity index (χ3n) is 3.22. The maximum atomic E-state index is 13.7. The molecule has 0 aromatic heterocycles. The Balaban J connectivity index is 1.98. The van der Waals surface area contributed by atoms with Gasteiger partial charge < -0.3 is 14.6 Å². The van der Waals surface area contributed by atoms with Crippen molar-refractivity contribution in [3.05, 3.63) is 58.9 Å². The third kappa shape index (κ3) is 2.54. The minimum Gasteiger partial charge on any atom is -0.486 e. The van der Waals surface area contributed by atoms with Crippen LogP contribution in [0.2, 0.25) is 0 Å². The number of halogens is 3. The van der Waals surface area contributed by atoms with Gasteiger partial charge in [0.1, 0.15) is 25.1 Å². The summed E-state index contributed by atoms with van der Waals surface area (Å²) in [6.07, 6.45) is -1.43. The van der Waals surface area contributed by atoms with Crippen molar-refractivity contribution in [2.75, 3.05) is 13.2 Å². The number of hydrogen-bond acceptors (Lipinski definition) is 3. The quantitative estimate of drug-likeness (QED) is 0.866. The third-order valence-corrected chi connectivity index (χ3v) is 3.22. The van der Waals surface area contributed by atoms with Crippen molar-refractivity contribution in [2.45, 2.75) is 6.10 Å². The van der Waals surface area contributed by atoms with Gasteiger partial charge in [-0.3, -0.25) is 0 Å². The van der Waals surface area contributed by atoms with Crippen LogP contribution in [0.4, 0.5) is 13.2 Å². The zero-order chi connectivity index (χ0) is 15.0. The van der Waals surface area contributed by atoms with Gasteiger partial charge in [-0.2, -0.15) is 0 Å². The molecule has 1 N–H and O–H groups in total. The second kappa shape index (κ2) is 5.29. The van der Waals surface area contributed by atoms with Crippen LogP contribution in [0.3, 0.4) is 0 Å². The summed E-state index contributed by atoms with van der Waals surface area (Å²) < 4.78 is 50.5. The smallest absolute Gasteiger partial charge is 0.161 e. The van der Waals surface area contributed by atoms with Crippen molar-refractivity contribution in [1.82, 2.24) is 0 Å². The van der Waals surface area contributed by atoms with Crippen molar-refractivity contribution in [3.63, 3.8) is 0 Å². The van der Waals surface area contributed by atoms with Crippen LogP contribution in [-0.2, 0) is 0 Å². The standard InChI is InChI=1S/C15H11F3O3/c16-10-7-12(18)11(17)6-9(10)15(19)8-1-2-13-14(5-8)21-4-3-20-13/h1-2,5-7,15,19H,3-4H2. The van der Waals surface area contributed by atoms with Crippen LogP contribution in [0.15, 0.2) is 30.3 Å². The highest BCUT2D eigenvalue weighted by atomic mass is 19.2. The van der Waals surface area contributed by atoms with Crippen LogP contribution in [0.5, 0.6) is 11.5 Å². The SMILES string of the molecule is OC(c1ccc2c(c1)OCCO2)c1cc(F)c(F)cc1F. The molecule has 0 amide bonds. The van der Waals surface area contributed by atoms with Gasteiger partial charge in [0.15, 0.2) is 23.1 Å². The van der Waals surface area contributed by atoms with Gasteiger partial charge in [-0.05, 0) is 23.8 Å². The summed E-state index contributed by atoms with van der Waals surface area (Å²) in [6.45, 7) is 0.790. The fourth-order valence-electron chi connectivity index (χ4n) is 2.16. The second-order valence-electron chi connectivity index (χ2n) is 4.59. The van der Waals surface area contributed by atoms with Crippen LogP contribution in [0.1, 0.15) is 17.2 Å². The molecule has 1 aliphatic rings. The Labute approximate surface area is 118 Å². The summed E-state index contributed by atoms with van der Waals surface area (Å²) in [5.41, 5.74) is -0.0465. The van der Waals surface area contributed by atoms with Gasteiger partial charge in [0, 0.05) is 11.6 Å². The van der Waals surface area contributed by atoms with Gasteiger partial charge in [0.05, 0.1) is 0 Å². The van der Waals surface area contributed by atoms with Gasteiger partial charge in [0.2, 0.25) is 0 Å². The minimum absolute atomic E-state index is 0.296. The largest absolute Gasteiger partial charge is 0.486 e. The first kappa shape index (κ1) is 13.8. The van der Waals surface area contributed by atoms with E-state index >= 15 is 0 Å². The lowest BCUT2D eigenvalue weighted by atomic mass is 10.00. The molecule has 3 rings (SSSR count). The highest BCUT2D eigenvalue weighted by Gasteiger charge is 2.21. The molecule has 6 heteroatoms. The molecule has 1 aliphatic heterocycles. The van der Waals surface area contributed by atoms with Crippen LogP contribution in [-0.4, -0.2) is 18.3 Å². The second-order valence-corrected chi connectivity index (χ2v) is 4.59. The van der Waals surface area contributed by atoms with Gasteiger partial charge in [-0.25, -0.2) is 13.2 Å². The first-order valence-corrected chi connectivity index (χ1v) is 6.28. The molecule has 0 fully saturated rings. The maximum absolute atomic E-state index is 13.7. The fraction of sp³-hybridized carbons (Fsp3) is 0.200. The molecule has 0 radical (unpaired) electrons. The zero-order valence-corrected chi connectivity index (χ0v) is 10.8. The highest BCUT2D eigenvalue weighted by molar-refractivity contribution is 5.46. The summed E-state index contributed by atoms with van der Waals surface area (Å²) in [7, 11) is 0. The van der Waals surface area contributed by atoms with E-state index in [-0.39, 0.29) is 5.56 Å². The van der Waals surface area contributed by atoms with Crippen LogP contribution < -0.4 is 9.47 Å². The summed E-state index contributed by atoms with van der Waals surface area (Å²) >= 11 is 0. The molecule has 0 spiro atoms. The van der Waals surface area contributed by atoms with E-state index in [1.807, 2.05) is 0 Å². The van der Waals surface area contributed by atoms with Gasteiger partial charge in [-0.1, -0.05) is 6.07 Å². The average Bonchev–Trinajstić information content (AvgIpc) is 2.50. The summed E-state index contributed by atoms with van der Waals surface area (Å²) in [5.74, 6) is -2.60. The minimum atomic E-state index is -1.43. The summed E-state index contributed by atoms with van der Waals surface area (Å²) in [5, 5.41) is 10.2. The molecule has 0 aliphatic carbocycles. The van der Waals surface area contributed by atoms with Crippen molar-refractivity contribution < 1.29 is 27.8 Å². The Morgan fingerprint density at radius 1 is 0.857 bits per heavy atom. The van der Waals surface area contributed by atoms with E-state index in [4.69, 9.17) is 9.47 Å². The van der Waals surface area contributed by atoms with E-state index in [0.717, 1.165) is 0 Å². The van der Waals surface area contributed by atoms with Gasteiger partial charge >= 0.3 is 0 Å². The molecule has 2 aromatic rings. The van der Waals surface area contributed by atoms with Crippen LogP contribution in [0, 0.1) is 17.5 Å². The zero-order valence-electron chi connectivity index (χ0n) is 10.8. The van der Waals surface area contributed by atoms with Crippen LogP contribution in [0.25, 0.3) is 0 Å². The van der Waals surface area contributed by atoms with Crippen molar-refractivity contribution >= 4 is 0 Å². The number of aliphatic hydroxyl groups excluding tert-OH is 1. The topological polar surface area (TPSA) is 38.7 Å². The first-order valence-electron chi connectivity index (χ1n) is 6.28. The predicted octanol–water partition coefficient (Wildman–Crippen LogP) is 2.96. The number of rotatable bonds is 2. The van der Waals surface area contributed by atoms with Gasteiger partial charge in [0.25, 0.3) is 0 Å². The number of fused-ring (bicyclic) bond motifs is 1. The Bertz CT molecular complexity index is 688. The molecule has 2 aromatic carbocycles. The van der Waals surface area contributed by atoms with Crippen molar-refractivity contribution in [1.29, 1.82) is 0 Å². The molecule has 0 saturated carbocycles. The molecule has 0 saturated heterocycles. The molecule has 0 bridgehead atoms. The molecule has 21 heavy (non-hydrogen) atoms. The van der Waals surface area contributed by atoms with Crippen molar-refractivity contribution in [3.8, 4) is 11.5 Å². The van der Waals surface area contributed by atoms with Gasteiger partial charge in [-0.15, -0.1) is 0 Å². The van der Waals surface area contributed by atoms with E-state index in [0.29, 0.717) is 42.4 Å². The number of ether oxygens (including phenoxy) is 2. The van der Waals surface area contributed by atoms with E-state index in [9.17, 15) is 18.3 Å². The Morgan fingerprint density at radius 2 is 1.52 bits per heavy atom. The molecule has 110 valence electrons. The van der Waals surface area contributed by atoms with E-state index < -0.39 is 23.6 Å². The number of benzene rings is 2. The average molecular weight is 296 g/mol. The maximum Gasteiger partial charge on any atom is 0.161 e. The molecular formula is C15H11F3O3. The molecular weight excluding hydrogens is 285 g/mol. The first-order chi connectivity index (χ1) is 10.1. The number of aliphatic hydroxyl groups is 1. The molecule has 1 unspecified atom stereocenters. The monoisotopic (exact) mass is 296 g/mol. The summed E-state index contributed by atoms with van der Waals surface area (Å²) in [4.78, 5) is 0. The Hall–Kier alpha value is -2.21. The normalized spacial score (nSPS) is 14.9. The Kier molecular flexibility index (Phi) is 3.47. The Morgan fingerprint density at radius 3 is 2.29 bits per heavy atom. The highest BCUT2D eigenvalue weighted by Crippen LogP contribution is 2.35. The molecule has 1 heterocycles. The molecule has 1 atom stereocenters. The molecule has 3 nitrogen and oxygen atoms in total. The number of hydrogen-bond donors (Lipinski definition) is 1. The fourth-order valence-corrected chi connectivity index (χ4v) is 2.16. The summed E-state index contributed by atoms with van der Waals surface area (Å²) in [6, 6.07) is 5.63. The van der Waals surface area contributed by atoms with E-state index in [1.165, 1.54) is 12.1 Å². The lowest BCUT2D eigenvalue weighted by Gasteiger charge is -2.20. The van der Waals surface area contributed by atoms with Crippen molar-refractivity contribution in [2.24, 2.45) is 0 Å². The lowest BCUT2D eigenvalue weighted by molar-refractivity contribution is 0.169.